The molecule has 4 heteroatoms. The van der Waals surface area contributed by atoms with Crippen LogP contribution in [0.2, 0.25) is 0 Å². The Balaban J connectivity index is 1.53. The van der Waals surface area contributed by atoms with Crippen LogP contribution in [0.3, 0.4) is 0 Å². The van der Waals surface area contributed by atoms with Gasteiger partial charge in [0.2, 0.25) is 0 Å². The van der Waals surface area contributed by atoms with Gasteiger partial charge in [0.15, 0.2) is 6.10 Å². The van der Waals surface area contributed by atoms with Gasteiger partial charge in [-0.2, -0.15) is 0 Å². The van der Waals surface area contributed by atoms with Gasteiger partial charge in [-0.1, -0.05) is 60.7 Å². The van der Waals surface area contributed by atoms with Crippen LogP contribution in [0.15, 0.2) is 72.8 Å². The van der Waals surface area contributed by atoms with E-state index in [2.05, 4.69) is 5.32 Å². The maximum absolute atomic E-state index is 12.2. The van der Waals surface area contributed by atoms with E-state index >= 15 is 0 Å². The second kappa shape index (κ2) is 8.50. The Morgan fingerprint density at radius 3 is 2.50 bits per heavy atom. The van der Waals surface area contributed by atoms with E-state index in [0.717, 1.165) is 16.3 Å². The molecule has 2 N–H and O–H groups in total. The average molecular weight is 349 g/mol. The predicted octanol–water partition coefficient (Wildman–Crippen LogP) is 3.85. The molecule has 0 aromatic heterocycles. The third-order valence-corrected chi connectivity index (χ3v) is 4.32. The van der Waals surface area contributed by atoms with E-state index in [4.69, 9.17) is 4.74 Å². The van der Waals surface area contributed by atoms with Crippen molar-refractivity contribution >= 4 is 16.7 Å². The fraction of sp³-hybridized carbons (Fsp3) is 0.227. The fourth-order valence-corrected chi connectivity index (χ4v) is 2.93. The average Bonchev–Trinajstić information content (AvgIpc) is 2.68. The Morgan fingerprint density at radius 2 is 1.69 bits per heavy atom. The molecule has 3 aromatic rings. The molecule has 134 valence electrons. The van der Waals surface area contributed by atoms with Crippen molar-refractivity contribution in [2.24, 2.45) is 0 Å². The summed E-state index contributed by atoms with van der Waals surface area (Å²) in [5.74, 6) is 0.463. The zero-order valence-electron chi connectivity index (χ0n) is 14.8. The van der Waals surface area contributed by atoms with Crippen molar-refractivity contribution in [3.63, 3.8) is 0 Å². The van der Waals surface area contributed by atoms with Gasteiger partial charge in [-0.15, -0.1) is 0 Å². The van der Waals surface area contributed by atoms with Crippen molar-refractivity contribution in [2.75, 3.05) is 6.54 Å². The molecule has 0 aliphatic rings. The van der Waals surface area contributed by atoms with Gasteiger partial charge in [0.25, 0.3) is 5.91 Å². The van der Waals surface area contributed by atoms with E-state index in [0.29, 0.717) is 18.7 Å². The number of hydrogen-bond acceptors (Lipinski definition) is 3. The van der Waals surface area contributed by atoms with Crippen molar-refractivity contribution in [1.82, 2.24) is 5.32 Å². The van der Waals surface area contributed by atoms with Crippen molar-refractivity contribution < 1.29 is 14.6 Å². The highest BCUT2D eigenvalue weighted by Gasteiger charge is 2.16. The maximum Gasteiger partial charge on any atom is 0.260 e. The highest BCUT2D eigenvalue weighted by molar-refractivity contribution is 5.86. The number of aliphatic hydroxyl groups excluding tert-OH is 1. The lowest BCUT2D eigenvalue weighted by atomic mass is 9.99. The monoisotopic (exact) mass is 349 g/mol. The lowest BCUT2D eigenvalue weighted by Crippen LogP contribution is -2.37. The van der Waals surface area contributed by atoms with Crippen LogP contribution in [0.5, 0.6) is 5.75 Å². The van der Waals surface area contributed by atoms with Gasteiger partial charge in [-0.3, -0.25) is 4.79 Å². The molecule has 3 rings (SSSR count). The first kappa shape index (κ1) is 18.0. The number of hydrogen-bond donors (Lipinski definition) is 2. The number of fused-ring (bicyclic) bond motifs is 1. The number of amides is 1. The number of nitrogens with one attached hydrogen (secondary N) is 1. The summed E-state index contributed by atoms with van der Waals surface area (Å²) in [7, 11) is 0. The molecule has 26 heavy (non-hydrogen) atoms. The number of carbonyl (C=O) groups is 1. The lowest BCUT2D eigenvalue weighted by molar-refractivity contribution is -0.127. The van der Waals surface area contributed by atoms with Crippen LogP contribution < -0.4 is 10.1 Å². The first-order valence-electron chi connectivity index (χ1n) is 8.80. The molecule has 3 aromatic carbocycles. The van der Waals surface area contributed by atoms with Crippen LogP contribution in [-0.2, 0) is 4.79 Å². The minimum atomic E-state index is -0.633. The second-order valence-electron chi connectivity index (χ2n) is 6.24. The van der Waals surface area contributed by atoms with Gasteiger partial charge in [0, 0.05) is 6.54 Å². The standard InChI is InChI=1S/C22H23NO3/c1-16(26-18-10-3-2-4-11-18)22(25)23-15-14-21(24)20-13-7-9-17-8-5-6-12-19(17)20/h2-13,16,21,24H,14-15H2,1H3,(H,23,25)/t16-,21-/m1/s1. The molecule has 0 spiro atoms. The number of carbonyl (C=O) groups excluding carboxylic acids is 1. The van der Waals surface area contributed by atoms with Crippen LogP contribution in [0.1, 0.15) is 25.0 Å². The topological polar surface area (TPSA) is 58.6 Å². The lowest BCUT2D eigenvalue weighted by Gasteiger charge is -2.17. The van der Waals surface area contributed by atoms with Gasteiger partial charge in [0.05, 0.1) is 6.10 Å². The third kappa shape index (κ3) is 4.41. The van der Waals surface area contributed by atoms with E-state index < -0.39 is 12.2 Å². The third-order valence-electron chi connectivity index (χ3n) is 4.32. The molecule has 0 heterocycles. The molecule has 0 radical (unpaired) electrons. The number of rotatable bonds is 7. The van der Waals surface area contributed by atoms with Gasteiger partial charge in [0.1, 0.15) is 5.75 Å². The van der Waals surface area contributed by atoms with E-state index in [1.807, 2.05) is 72.8 Å². The molecule has 2 atom stereocenters. The van der Waals surface area contributed by atoms with Gasteiger partial charge < -0.3 is 15.2 Å². The quantitative estimate of drug-likeness (QED) is 0.681. The fourth-order valence-electron chi connectivity index (χ4n) is 2.93. The summed E-state index contributed by atoms with van der Waals surface area (Å²) in [5, 5.41) is 15.5. The van der Waals surface area contributed by atoms with Crippen LogP contribution in [0, 0.1) is 0 Å². The Labute approximate surface area is 153 Å². The molecule has 0 fully saturated rings. The summed E-state index contributed by atoms with van der Waals surface area (Å²) in [6.45, 7) is 2.09. The van der Waals surface area contributed by atoms with E-state index in [1.54, 1.807) is 6.92 Å². The second-order valence-corrected chi connectivity index (χ2v) is 6.24. The predicted molar refractivity (Wildman–Crippen MR) is 103 cm³/mol. The molecule has 1 amide bonds. The maximum atomic E-state index is 12.2. The Bertz CT molecular complexity index is 858. The van der Waals surface area contributed by atoms with Crippen molar-refractivity contribution in [1.29, 1.82) is 0 Å². The normalized spacial score (nSPS) is 13.2. The molecular formula is C22H23NO3. The Hall–Kier alpha value is -2.85. The largest absolute Gasteiger partial charge is 0.481 e. The van der Waals surface area contributed by atoms with Gasteiger partial charge >= 0.3 is 0 Å². The smallest absolute Gasteiger partial charge is 0.260 e. The summed E-state index contributed by atoms with van der Waals surface area (Å²) in [6.07, 6.45) is -0.781. The summed E-state index contributed by atoms with van der Waals surface area (Å²) < 4.78 is 5.60. The highest BCUT2D eigenvalue weighted by Crippen LogP contribution is 2.25. The molecule has 0 saturated heterocycles. The summed E-state index contributed by atoms with van der Waals surface area (Å²) >= 11 is 0. The van der Waals surface area contributed by atoms with E-state index in [9.17, 15) is 9.90 Å². The van der Waals surface area contributed by atoms with Gasteiger partial charge in [-0.25, -0.2) is 0 Å². The Morgan fingerprint density at radius 1 is 1.00 bits per heavy atom. The number of benzene rings is 3. The van der Waals surface area contributed by atoms with E-state index in [-0.39, 0.29) is 5.91 Å². The number of para-hydroxylation sites is 1. The van der Waals surface area contributed by atoms with Crippen molar-refractivity contribution in [3.8, 4) is 5.75 Å². The number of ether oxygens (including phenoxy) is 1. The Kier molecular flexibility index (Phi) is 5.87. The van der Waals surface area contributed by atoms with E-state index in [1.165, 1.54) is 0 Å². The first-order chi connectivity index (χ1) is 12.6. The minimum absolute atomic E-state index is 0.195. The van der Waals surface area contributed by atoms with Crippen LogP contribution >= 0.6 is 0 Å². The zero-order valence-corrected chi connectivity index (χ0v) is 14.8. The molecule has 0 aliphatic heterocycles. The molecule has 0 unspecified atom stereocenters. The van der Waals surface area contributed by atoms with Crippen molar-refractivity contribution in [2.45, 2.75) is 25.6 Å². The molecule has 0 saturated carbocycles. The molecular weight excluding hydrogens is 326 g/mol. The van der Waals surface area contributed by atoms with Crippen molar-refractivity contribution in [3.05, 3.63) is 78.4 Å². The minimum Gasteiger partial charge on any atom is -0.481 e. The molecule has 0 aliphatic carbocycles. The first-order valence-corrected chi connectivity index (χ1v) is 8.80. The molecule has 4 nitrogen and oxygen atoms in total. The highest BCUT2D eigenvalue weighted by atomic mass is 16.5. The van der Waals surface area contributed by atoms with Crippen LogP contribution in [0.4, 0.5) is 0 Å². The van der Waals surface area contributed by atoms with Gasteiger partial charge in [-0.05, 0) is 41.8 Å². The zero-order chi connectivity index (χ0) is 18.4. The van der Waals surface area contributed by atoms with Crippen LogP contribution in [0.25, 0.3) is 10.8 Å². The molecule has 0 bridgehead atoms. The summed E-state index contributed by atoms with van der Waals surface area (Å²) in [6, 6.07) is 23.1. The summed E-state index contributed by atoms with van der Waals surface area (Å²) in [5.41, 5.74) is 0.880. The summed E-state index contributed by atoms with van der Waals surface area (Å²) in [4.78, 5) is 12.2. The SMILES string of the molecule is C[C@@H](Oc1ccccc1)C(=O)NCC[C@@H](O)c1cccc2ccccc12. The number of aliphatic hydroxyl groups is 1. The van der Waals surface area contributed by atoms with Crippen LogP contribution in [-0.4, -0.2) is 23.7 Å².